The van der Waals surface area contributed by atoms with E-state index in [9.17, 15) is 13.2 Å². The molecule has 1 aliphatic heterocycles. The van der Waals surface area contributed by atoms with E-state index < -0.39 is 11.7 Å². The van der Waals surface area contributed by atoms with Gasteiger partial charge in [-0.3, -0.25) is 0 Å². The second-order valence-corrected chi connectivity index (χ2v) is 6.94. The summed E-state index contributed by atoms with van der Waals surface area (Å²) in [5.41, 5.74) is 5.87. The van der Waals surface area contributed by atoms with Crippen molar-refractivity contribution in [1.82, 2.24) is 9.97 Å². The first-order valence-corrected chi connectivity index (χ1v) is 9.20. The summed E-state index contributed by atoms with van der Waals surface area (Å²) in [6, 6.07) is 3.94. The smallest absolute Gasteiger partial charge is 0.393 e. The Bertz CT molecular complexity index is 812. The molecule has 0 spiro atoms. The van der Waals surface area contributed by atoms with Crippen LogP contribution in [0.2, 0.25) is 5.02 Å². The zero-order valence-corrected chi connectivity index (χ0v) is 15.6. The van der Waals surface area contributed by atoms with Crippen molar-refractivity contribution in [2.45, 2.75) is 44.8 Å². The first-order chi connectivity index (χ1) is 12.8. The van der Waals surface area contributed by atoms with Crippen LogP contribution in [0.3, 0.4) is 0 Å². The van der Waals surface area contributed by atoms with Crippen molar-refractivity contribution < 1.29 is 13.2 Å². The van der Waals surface area contributed by atoms with Gasteiger partial charge in [-0.05, 0) is 43.9 Å². The van der Waals surface area contributed by atoms with E-state index in [1.807, 2.05) is 0 Å². The lowest BCUT2D eigenvalue weighted by molar-refractivity contribution is -0.137. The third-order valence-electron chi connectivity index (χ3n) is 4.77. The molecule has 1 aromatic heterocycles. The summed E-state index contributed by atoms with van der Waals surface area (Å²) in [6.07, 6.45) is 1.08. The highest BCUT2D eigenvalue weighted by Crippen LogP contribution is 2.38. The molecule has 0 saturated carbocycles. The van der Waals surface area contributed by atoms with Crippen LogP contribution < -0.4 is 16.0 Å². The Balaban J connectivity index is 1.91. The number of benzene rings is 1. The molecular formula is C18H21ClF3N5. The minimum absolute atomic E-state index is 0.203. The number of nitrogen functional groups attached to an aromatic ring is 1. The maximum atomic E-state index is 13.1. The Morgan fingerprint density at radius 3 is 2.78 bits per heavy atom. The van der Waals surface area contributed by atoms with Gasteiger partial charge in [0, 0.05) is 18.3 Å². The van der Waals surface area contributed by atoms with E-state index in [2.05, 4.69) is 27.1 Å². The summed E-state index contributed by atoms with van der Waals surface area (Å²) < 4.78 is 39.2. The fourth-order valence-corrected chi connectivity index (χ4v) is 3.60. The third-order valence-corrected chi connectivity index (χ3v) is 5.10. The molecule has 0 bridgehead atoms. The fourth-order valence-electron chi connectivity index (χ4n) is 3.38. The van der Waals surface area contributed by atoms with Crippen molar-refractivity contribution >= 4 is 34.6 Å². The number of nitrogens with zero attached hydrogens (tertiary/aromatic N) is 3. The number of aromatic nitrogens is 2. The van der Waals surface area contributed by atoms with Crippen molar-refractivity contribution in [3.8, 4) is 0 Å². The summed E-state index contributed by atoms with van der Waals surface area (Å²) in [7, 11) is 0. The standard InChI is InChI=1S/C18H21ClF3N5/c1-2-12-5-3-4-8-27(12)17-15(23)16(24-10-25-17)26-11-6-7-14(19)13(9-11)18(20,21)22/h6-7,9-10,12H,2-5,8,23H2,1H3,(H,24,25,26). The van der Waals surface area contributed by atoms with Gasteiger partial charge in [-0.15, -0.1) is 0 Å². The molecule has 5 nitrogen and oxygen atoms in total. The fraction of sp³-hybridized carbons (Fsp3) is 0.444. The molecule has 1 unspecified atom stereocenters. The topological polar surface area (TPSA) is 67.1 Å². The maximum absolute atomic E-state index is 13.1. The van der Waals surface area contributed by atoms with Gasteiger partial charge in [-0.2, -0.15) is 13.2 Å². The van der Waals surface area contributed by atoms with Crippen LogP contribution in [-0.2, 0) is 6.18 Å². The zero-order chi connectivity index (χ0) is 19.6. The average molecular weight is 400 g/mol. The van der Waals surface area contributed by atoms with Crippen molar-refractivity contribution in [2.24, 2.45) is 0 Å². The maximum Gasteiger partial charge on any atom is 0.417 e. The predicted octanol–water partition coefficient (Wildman–Crippen LogP) is 5.24. The van der Waals surface area contributed by atoms with Crippen LogP contribution in [0.15, 0.2) is 24.5 Å². The minimum Gasteiger partial charge on any atom is -0.393 e. The normalized spacial score (nSPS) is 17.8. The Kier molecular flexibility index (Phi) is 5.64. The first-order valence-electron chi connectivity index (χ1n) is 8.82. The van der Waals surface area contributed by atoms with Gasteiger partial charge in [-0.1, -0.05) is 18.5 Å². The summed E-state index contributed by atoms with van der Waals surface area (Å²) >= 11 is 5.67. The molecule has 1 fully saturated rings. The van der Waals surface area contributed by atoms with Crippen molar-refractivity contribution in [2.75, 3.05) is 22.5 Å². The van der Waals surface area contributed by atoms with E-state index in [1.165, 1.54) is 18.5 Å². The number of anilines is 4. The SMILES string of the molecule is CCC1CCCCN1c1ncnc(Nc2ccc(Cl)c(C(F)(F)F)c2)c1N. The van der Waals surface area contributed by atoms with Gasteiger partial charge in [0.2, 0.25) is 0 Å². The quantitative estimate of drug-likeness (QED) is 0.735. The minimum atomic E-state index is -4.54. The lowest BCUT2D eigenvalue weighted by Crippen LogP contribution is -2.40. The van der Waals surface area contributed by atoms with Crippen LogP contribution in [0.1, 0.15) is 38.2 Å². The lowest BCUT2D eigenvalue weighted by atomic mass is 10.00. The molecule has 1 aliphatic rings. The number of alkyl halides is 3. The number of hydrogen-bond acceptors (Lipinski definition) is 5. The molecule has 2 aromatic rings. The molecule has 1 saturated heterocycles. The van der Waals surface area contributed by atoms with Crippen molar-refractivity contribution in [3.05, 3.63) is 35.1 Å². The van der Waals surface area contributed by atoms with Crippen LogP contribution in [0.5, 0.6) is 0 Å². The van der Waals surface area contributed by atoms with Gasteiger partial charge in [0.05, 0.1) is 10.6 Å². The molecule has 27 heavy (non-hydrogen) atoms. The zero-order valence-electron chi connectivity index (χ0n) is 14.9. The van der Waals surface area contributed by atoms with Gasteiger partial charge in [0.1, 0.15) is 12.0 Å². The van der Waals surface area contributed by atoms with Crippen LogP contribution in [-0.4, -0.2) is 22.6 Å². The number of piperidine rings is 1. The molecule has 1 aromatic carbocycles. The molecule has 0 radical (unpaired) electrons. The summed E-state index contributed by atoms with van der Waals surface area (Å²) in [4.78, 5) is 10.6. The number of nitrogens with two attached hydrogens (primary N) is 1. The Morgan fingerprint density at radius 2 is 2.07 bits per heavy atom. The number of halogens is 4. The Labute approximate surface area is 160 Å². The molecule has 3 rings (SSSR count). The highest BCUT2D eigenvalue weighted by Gasteiger charge is 2.33. The highest BCUT2D eigenvalue weighted by atomic mass is 35.5. The summed E-state index contributed by atoms with van der Waals surface area (Å²) in [6.45, 7) is 2.96. The Morgan fingerprint density at radius 1 is 1.30 bits per heavy atom. The lowest BCUT2D eigenvalue weighted by Gasteiger charge is -2.36. The van der Waals surface area contributed by atoms with Crippen LogP contribution in [0, 0.1) is 0 Å². The summed E-state index contributed by atoms with van der Waals surface area (Å²) in [5.74, 6) is 0.889. The second-order valence-electron chi connectivity index (χ2n) is 6.53. The Hall–Kier alpha value is -2.22. The molecular weight excluding hydrogens is 379 g/mol. The monoisotopic (exact) mass is 399 g/mol. The van der Waals surface area contributed by atoms with Crippen molar-refractivity contribution in [3.63, 3.8) is 0 Å². The predicted molar refractivity (Wildman–Crippen MR) is 101 cm³/mol. The second kappa shape index (κ2) is 7.80. The third kappa shape index (κ3) is 4.21. The van der Waals surface area contributed by atoms with Crippen LogP contribution in [0.25, 0.3) is 0 Å². The molecule has 146 valence electrons. The number of rotatable bonds is 4. The van der Waals surface area contributed by atoms with Crippen molar-refractivity contribution in [1.29, 1.82) is 0 Å². The van der Waals surface area contributed by atoms with E-state index in [0.717, 1.165) is 38.3 Å². The average Bonchev–Trinajstić information content (AvgIpc) is 2.64. The highest BCUT2D eigenvalue weighted by molar-refractivity contribution is 6.31. The van der Waals surface area contributed by atoms with Crippen LogP contribution in [0.4, 0.5) is 36.2 Å². The van der Waals surface area contributed by atoms with E-state index in [4.69, 9.17) is 17.3 Å². The van der Waals surface area contributed by atoms with Gasteiger partial charge in [-0.25, -0.2) is 9.97 Å². The molecule has 0 aliphatic carbocycles. The molecule has 3 N–H and O–H groups in total. The van der Waals surface area contributed by atoms with Gasteiger partial charge in [0.15, 0.2) is 11.6 Å². The van der Waals surface area contributed by atoms with Crippen LogP contribution >= 0.6 is 11.6 Å². The van der Waals surface area contributed by atoms with E-state index in [0.29, 0.717) is 17.5 Å². The van der Waals surface area contributed by atoms with Gasteiger partial charge in [0.25, 0.3) is 0 Å². The molecule has 0 amide bonds. The number of nitrogens with one attached hydrogen (secondary N) is 1. The molecule has 2 heterocycles. The molecule has 9 heteroatoms. The van der Waals surface area contributed by atoms with E-state index in [-0.39, 0.29) is 16.5 Å². The van der Waals surface area contributed by atoms with Gasteiger partial charge >= 0.3 is 6.18 Å². The van der Waals surface area contributed by atoms with E-state index >= 15 is 0 Å². The number of hydrogen-bond donors (Lipinski definition) is 2. The largest absolute Gasteiger partial charge is 0.417 e. The van der Waals surface area contributed by atoms with E-state index in [1.54, 1.807) is 0 Å². The molecule has 1 atom stereocenters. The summed E-state index contributed by atoms with van der Waals surface area (Å²) in [5, 5.41) is 2.50. The first kappa shape index (κ1) is 19.5. The van der Waals surface area contributed by atoms with Gasteiger partial charge < -0.3 is 16.0 Å².